The van der Waals surface area contributed by atoms with E-state index in [9.17, 15) is 20.0 Å². The third-order valence-electron chi connectivity index (χ3n) is 5.56. The van der Waals surface area contributed by atoms with Gasteiger partial charge in [0.25, 0.3) is 11.6 Å². The molecule has 0 aromatic heterocycles. The van der Waals surface area contributed by atoms with Gasteiger partial charge in [-0.1, -0.05) is 13.8 Å². The Morgan fingerprint density at radius 1 is 1.30 bits per heavy atom. The van der Waals surface area contributed by atoms with E-state index in [0.29, 0.717) is 6.04 Å². The van der Waals surface area contributed by atoms with Crippen molar-refractivity contribution >= 4 is 17.3 Å². The quantitative estimate of drug-likeness (QED) is 0.578. The summed E-state index contributed by atoms with van der Waals surface area (Å²) in [6.45, 7) is 7.80. The van der Waals surface area contributed by atoms with Crippen LogP contribution >= 0.6 is 0 Å². The number of aliphatic hydroxyl groups excluding tert-OH is 1. The molecule has 3 aliphatic heterocycles. The van der Waals surface area contributed by atoms with Crippen molar-refractivity contribution in [3.63, 3.8) is 0 Å². The van der Waals surface area contributed by atoms with Crippen LogP contribution in [-0.4, -0.2) is 66.2 Å². The van der Waals surface area contributed by atoms with Crippen LogP contribution < -0.4 is 10.2 Å². The number of nitro benzene ring substituents is 1. The molecule has 1 aromatic rings. The van der Waals surface area contributed by atoms with Crippen LogP contribution in [0, 0.1) is 15.5 Å². The van der Waals surface area contributed by atoms with Gasteiger partial charge in [-0.2, -0.15) is 0 Å². The summed E-state index contributed by atoms with van der Waals surface area (Å²) in [5.41, 5.74) is 0.257. The van der Waals surface area contributed by atoms with E-state index in [2.05, 4.69) is 15.1 Å². The zero-order valence-electron chi connectivity index (χ0n) is 16.0. The van der Waals surface area contributed by atoms with Crippen molar-refractivity contribution in [2.45, 2.75) is 32.7 Å². The number of carbonyl (C=O) groups excluding carboxylic acids is 1. The van der Waals surface area contributed by atoms with E-state index < -0.39 is 16.2 Å². The molecule has 3 heterocycles. The highest BCUT2D eigenvalue weighted by molar-refractivity contribution is 5.99. The minimum absolute atomic E-state index is 0.0744. The number of hydrogen-bond acceptors (Lipinski definition) is 6. The van der Waals surface area contributed by atoms with Crippen molar-refractivity contribution in [1.29, 1.82) is 0 Å². The number of benzene rings is 1. The zero-order valence-corrected chi connectivity index (χ0v) is 16.0. The van der Waals surface area contributed by atoms with Gasteiger partial charge < -0.3 is 20.2 Å². The van der Waals surface area contributed by atoms with Crippen LogP contribution in [-0.2, 0) is 0 Å². The lowest BCUT2D eigenvalue weighted by molar-refractivity contribution is -0.385. The maximum Gasteiger partial charge on any atom is 0.282 e. The highest BCUT2D eigenvalue weighted by Gasteiger charge is 2.31. The number of hydrogen-bond donors (Lipinski definition) is 2. The van der Waals surface area contributed by atoms with Crippen molar-refractivity contribution in [3.05, 3.63) is 33.9 Å². The second-order valence-corrected chi connectivity index (χ2v) is 8.23. The average Bonchev–Trinajstić information content (AvgIpc) is 2.99. The second-order valence-electron chi connectivity index (χ2n) is 8.23. The first-order valence-electron chi connectivity index (χ1n) is 9.47. The van der Waals surface area contributed by atoms with Gasteiger partial charge in [-0.05, 0) is 25.0 Å². The van der Waals surface area contributed by atoms with E-state index in [0.717, 1.165) is 44.7 Å². The summed E-state index contributed by atoms with van der Waals surface area (Å²) in [6, 6.07) is 5.24. The predicted molar refractivity (Wildman–Crippen MR) is 103 cm³/mol. The van der Waals surface area contributed by atoms with E-state index in [4.69, 9.17) is 0 Å². The molecule has 1 amide bonds. The summed E-state index contributed by atoms with van der Waals surface area (Å²) in [7, 11) is 0. The van der Waals surface area contributed by atoms with Gasteiger partial charge in [-0.25, -0.2) is 0 Å². The molecule has 2 N–H and O–H groups in total. The van der Waals surface area contributed by atoms with Gasteiger partial charge in [-0.3, -0.25) is 14.9 Å². The number of fused-ring (bicyclic) bond motifs is 4. The Labute approximate surface area is 159 Å². The zero-order chi connectivity index (χ0) is 19.6. The number of rotatable bonds is 6. The SMILES string of the molecule is CC(C)(CO)CNC(=O)c1cc(N2CCN3CCC2CC3)ccc1[N+](=O)[O-]. The van der Waals surface area contributed by atoms with Crippen molar-refractivity contribution in [1.82, 2.24) is 10.2 Å². The van der Waals surface area contributed by atoms with Gasteiger partial charge in [0, 0.05) is 62.5 Å². The van der Waals surface area contributed by atoms with Crippen LogP contribution in [0.1, 0.15) is 37.0 Å². The van der Waals surface area contributed by atoms with E-state index in [1.54, 1.807) is 12.1 Å². The standard InChI is InChI=1S/C19H28N4O4/c1-19(2,13-24)12-20-18(25)16-11-15(3-4-17(16)23(26)27)22-10-9-21-7-5-14(22)6-8-21/h3-4,11,14,24H,5-10,12-13H2,1-2H3,(H,20,25). The molecule has 2 bridgehead atoms. The molecule has 3 aliphatic rings. The predicted octanol–water partition coefficient (Wildman–Crippen LogP) is 1.63. The molecule has 8 nitrogen and oxygen atoms in total. The summed E-state index contributed by atoms with van der Waals surface area (Å²) >= 11 is 0. The van der Waals surface area contributed by atoms with Crippen LogP contribution in [0.25, 0.3) is 0 Å². The Bertz CT molecular complexity index is 714. The first-order valence-corrected chi connectivity index (χ1v) is 9.47. The molecule has 8 heteroatoms. The van der Waals surface area contributed by atoms with Gasteiger partial charge >= 0.3 is 0 Å². The van der Waals surface area contributed by atoms with Gasteiger partial charge in [-0.15, -0.1) is 0 Å². The molecule has 0 saturated carbocycles. The van der Waals surface area contributed by atoms with Gasteiger partial charge in [0.15, 0.2) is 0 Å². The van der Waals surface area contributed by atoms with Crippen LogP contribution in [0.4, 0.5) is 11.4 Å². The highest BCUT2D eigenvalue weighted by Crippen LogP contribution is 2.30. The molecule has 27 heavy (non-hydrogen) atoms. The summed E-state index contributed by atoms with van der Waals surface area (Å²) in [6.07, 6.45) is 2.15. The molecule has 4 rings (SSSR count). The fourth-order valence-corrected chi connectivity index (χ4v) is 3.74. The van der Waals surface area contributed by atoms with Crippen LogP contribution in [0.3, 0.4) is 0 Å². The summed E-state index contributed by atoms with van der Waals surface area (Å²) in [5, 5.41) is 23.5. The second kappa shape index (κ2) is 7.82. The molecule has 0 aliphatic carbocycles. The number of nitrogens with zero attached hydrogens (tertiary/aromatic N) is 3. The minimum Gasteiger partial charge on any atom is -0.396 e. The maximum absolute atomic E-state index is 12.7. The van der Waals surface area contributed by atoms with E-state index in [1.165, 1.54) is 6.07 Å². The Morgan fingerprint density at radius 2 is 2.00 bits per heavy atom. The molecule has 0 radical (unpaired) electrons. The van der Waals surface area contributed by atoms with E-state index in [-0.39, 0.29) is 24.4 Å². The fourth-order valence-electron chi connectivity index (χ4n) is 3.74. The highest BCUT2D eigenvalue weighted by atomic mass is 16.6. The monoisotopic (exact) mass is 376 g/mol. The Hall–Kier alpha value is -2.19. The van der Waals surface area contributed by atoms with Crippen molar-refractivity contribution in [2.75, 3.05) is 44.2 Å². The van der Waals surface area contributed by atoms with Gasteiger partial charge in [0.2, 0.25) is 0 Å². The number of aliphatic hydroxyl groups is 1. The van der Waals surface area contributed by atoms with Gasteiger partial charge in [0.1, 0.15) is 5.56 Å². The lowest BCUT2D eigenvalue weighted by Gasteiger charge is -2.33. The number of nitro groups is 1. The molecule has 148 valence electrons. The topological polar surface area (TPSA) is 99.0 Å². The first-order chi connectivity index (χ1) is 12.8. The lowest BCUT2D eigenvalue weighted by Crippen LogP contribution is -2.38. The third kappa shape index (κ3) is 4.39. The van der Waals surface area contributed by atoms with Crippen molar-refractivity contribution in [3.8, 4) is 0 Å². The van der Waals surface area contributed by atoms with E-state index in [1.807, 2.05) is 13.8 Å². The summed E-state index contributed by atoms with van der Waals surface area (Å²) in [4.78, 5) is 28.3. The Balaban J connectivity index is 1.86. The normalized spacial score (nSPS) is 22.4. The van der Waals surface area contributed by atoms with Gasteiger partial charge in [0.05, 0.1) is 4.92 Å². The summed E-state index contributed by atoms with van der Waals surface area (Å²) in [5.74, 6) is -0.479. The van der Waals surface area contributed by atoms with E-state index >= 15 is 0 Å². The van der Waals surface area contributed by atoms with Crippen LogP contribution in [0.2, 0.25) is 0 Å². The number of anilines is 1. The molecule has 0 atom stereocenters. The number of piperidine rings is 1. The lowest BCUT2D eigenvalue weighted by atomic mass is 9.95. The number of nitrogens with one attached hydrogen (secondary N) is 1. The van der Waals surface area contributed by atoms with Crippen molar-refractivity contribution < 1.29 is 14.8 Å². The molecular weight excluding hydrogens is 348 g/mol. The molecule has 0 spiro atoms. The van der Waals surface area contributed by atoms with Crippen LogP contribution in [0.15, 0.2) is 18.2 Å². The average molecular weight is 376 g/mol. The molecule has 1 aromatic carbocycles. The molecule has 3 saturated heterocycles. The summed E-state index contributed by atoms with van der Waals surface area (Å²) < 4.78 is 0. The molecular formula is C19H28N4O4. The van der Waals surface area contributed by atoms with Crippen molar-refractivity contribution in [2.24, 2.45) is 5.41 Å². The van der Waals surface area contributed by atoms with Crippen LogP contribution in [0.5, 0.6) is 0 Å². The number of amides is 1. The smallest absolute Gasteiger partial charge is 0.282 e. The molecule has 0 unspecified atom stereocenters. The number of carbonyl (C=O) groups is 1. The minimum atomic E-state index is -0.518. The Kier molecular flexibility index (Phi) is 5.67. The Morgan fingerprint density at radius 3 is 2.63 bits per heavy atom. The first kappa shape index (κ1) is 19.6. The largest absolute Gasteiger partial charge is 0.396 e. The maximum atomic E-state index is 12.7. The molecule has 3 fully saturated rings. The third-order valence-corrected chi connectivity index (χ3v) is 5.56. The fraction of sp³-hybridized carbons (Fsp3) is 0.632.